The second kappa shape index (κ2) is 5.37. The van der Waals surface area contributed by atoms with Crippen LogP contribution in [0.1, 0.15) is 11.1 Å². The van der Waals surface area contributed by atoms with Crippen LogP contribution in [0.4, 0.5) is 0 Å². The summed E-state index contributed by atoms with van der Waals surface area (Å²) in [6, 6.07) is 14.1. The zero-order valence-corrected chi connectivity index (χ0v) is 9.34. The molecule has 2 N–H and O–H groups in total. The molecule has 2 aromatic carbocycles. The third-order valence-electron chi connectivity index (χ3n) is 2.50. The molecule has 0 aliphatic carbocycles. The standard InChI is InChI=1S/C14H14O3/c15-13-7-3-1-5-11(13)9-17-10-12-6-2-4-8-14(12)16/h1-8,15-16H,9-10H2. The fourth-order valence-corrected chi connectivity index (χ4v) is 1.54. The Kier molecular flexibility index (Phi) is 3.62. The first kappa shape index (κ1) is 11.5. The van der Waals surface area contributed by atoms with Crippen molar-refractivity contribution in [2.24, 2.45) is 0 Å². The minimum atomic E-state index is 0.227. The van der Waals surface area contributed by atoms with E-state index in [0.717, 1.165) is 11.1 Å². The molecule has 0 aromatic heterocycles. The van der Waals surface area contributed by atoms with Crippen molar-refractivity contribution < 1.29 is 14.9 Å². The van der Waals surface area contributed by atoms with Crippen molar-refractivity contribution in [3.8, 4) is 11.5 Å². The first-order valence-electron chi connectivity index (χ1n) is 5.39. The SMILES string of the molecule is Oc1ccccc1COCc1ccccc1O. The zero-order chi connectivity index (χ0) is 12.1. The van der Waals surface area contributed by atoms with Crippen molar-refractivity contribution in [1.29, 1.82) is 0 Å². The Bertz CT molecular complexity index is 449. The molecule has 88 valence electrons. The number of phenolic OH excluding ortho intramolecular Hbond substituents is 2. The van der Waals surface area contributed by atoms with Gasteiger partial charge in [-0.05, 0) is 12.1 Å². The average Bonchev–Trinajstić information content (AvgIpc) is 2.34. The summed E-state index contributed by atoms with van der Waals surface area (Å²) >= 11 is 0. The molecule has 0 bridgehead atoms. The first-order valence-corrected chi connectivity index (χ1v) is 5.39. The third-order valence-corrected chi connectivity index (χ3v) is 2.50. The highest BCUT2D eigenvalue weighted by Crippen LogP contribution is 2.19. The maximum absolute atomic E-state index is 9.53. The number of para-hydroxylation sites is 2. The molecule has 0 fully saturated rings. The third kappa shape index (κ3) is 2.98. The number of aromatic hydroxyl groups is 2. The molecule has 2 rings (SSSR count). The monoisotopic (exact) mass is 230 g/mol. The van der Waals surface area contributed by atoms with E-state index >= 15 is 0 Å². The Morgan fingerprint density at radius 2 is 1.12 bits per heavy atom. The maximum atomic E-state index is 9.53. The van der Waals surface area contributed by atoms with Crippen LogP contribution in [0.2, 0.25) is 0 Å². The summed E-state index contributed by atoms with van der Waals surface area (Å²) in [4.78, 5) is 0. The van der Waals surface area contributed by atoms with Crippen LogP contribution in [-0.4, -0.2) is 10.2 Å². The van der Waals surface area contributed by atoms with Gasteiger partial charge in [-0.3, -0.25) is 0 Å². The Morgan fingerprint density at radius 3 is 1.53 bits per heavy atom. The molecule has 0 amide bonds. The van der Waals surface area contributed by atoms with Crippen LogP contribution in [0.25, 0.3) is 0 Å². The Morgan fingerprint density at radius 1 is 0.706 bits per heavy atom. The highest BCUT2D eigenvalue weighted by Gasteiger charge is 2.02. The maximum Gasteiger partial charge on any atom is 0.121 e. The molecule has 0 saturated carbocycles. The number of ether oxygens (including phenoxy) is 1. The summed E-state index contributed by atoms with van der Waals surface area (Å²) in [5.74, 6) is 0.453. The van der Waals surface area contributed by atoms with Gasteiger partial charge < -0.3 is 14.9 Å². The summed E-state index contributed by atoms with van der Waals surface area (Å²) in [5.41, 5.74) is 1.48. The molecule has 17 heavy (non-hydrogen) atoms. The predicted octanol–water partition coefficient (Wildman–Crippen LogP) is 2.81. The van der Waals surface area contributed by atoms with Crippen molar-refractivity contribution in [3.63, 3.8) is 0 Å². The van der Waals surface area contributed by atoms with Crippen molar-refractivity contribution in [1.82, 2.24) is 0 Å². The van der Waals surface area contributed by atoms with Gasteiger partial charge in [0.15, 0.2) is 0 Å². The van der Waals surface area contributed by atoms with Crippen LogP contribution in [-0.2, 0) is 18.0 Å². The highest BCUT2D eigenvalue weighted by atomic mass is 16.5. The summed E-state index contributed by atoms with van der Waals surface area (Å²) in [7, 11) is 0. The van der Waals surface area contributed by atoms with Gasteiger partial charge in [-0.1, -0.05) is 36.4 Å². The second-order valence-corrected chi connectivity index (χ2v) is 3.75. The lowest BCUT2D eigenvalue weighted by Gasteiger charge is -2.07. The Balaban J connectivity index is 1.93. The van der Waals surface area contributed by atoms with Gasteiger partial charge in [0, 0.05) is 11.1 Å². The smallest absolute Gasteiger partial charge is 0.121 e. The molecule has 3 heteroatoms. The van der Waals surface area contributed by atoms with Crippen LogP contribution in [0.3, 0.4) is 0 Å². The van der Waals surface area contributed by atoms with E-state index < -0.39 is 0 Å². The topological polar surface area (TPSA) is 49.7 Å². The van der Waals surface area contributed by atoms with E-state index in [1.54, 1.807) is 36.4 Å². The van der Waals surface area contributed by atoms with E-state index in [1.165, 1.54) is 0 Å². The number of phenols is 2. The van der Waals surface area contributed by atoms with Crippen molar-refractivity contribution in [2.75, 3.05) is 0 Å². The molecule has 0 saturated heterocycles. The fourth-order valence-electron chi connectivity index (χ4n) is 1.54. The second-order valence-electron chi connectivity index (χ2n) is 3.75. The minimum Gasteiger partial charge on any atom is -0.508 e. The van der Waals surface area contributed by atoms with Crippen LogP contribution < -0.4 is 0 Å². The minimum absolute atomic E-state index is 0.227. The summed E-state index contributed by atoms with van der Waals surface area (Å²) in [6.07, 6.45) is 0. The highest BCUT2D eigenvalue weighted by molar-refractivity contribution is 5.32. The van der Waals surface area contributed by atoms with Gasteiger partial charge in [-0.15, -0.1) is 0 Å². The van der Waals surface area contributed by atoms with E-state index in [1.807, 2.05) is 12.1 Å². The van der Waals surface area contributed by atoms with E-state index in [-0.39, 0.29) is 11.5 Å². The summed E-state index contributed by atoms with van der Waals surface area (Å²) < 4.78 is 5.45. The van der Waals surface area contributed by atoms with Gasteiger partial charge in [0.1, 0.15) is 11.5 Å². The predicted molar refractivity (Wildman–Crippen MR) is 64.7 cm³/mol. The first-order chi connectivity index (χ1) is 8.27. The van der Waals surface area contributed by atoms with Gasteiger partial charge in [0.05, 0.1) is 13.2 Å². The molecule has 0 aliphatic rings. The normalized spacial score (nSPS) is 10.4. The van der Waals surface area contributed by atoms with Gasteiger partial charge in [-0.2, -0.15) is 0 Å². The Labute approximate surface area is 99.9 Å². The van der Waals surface area contributed by atoms with E-state index in [4.69, 9.17) is 4.74 Å². The lowest BCUT2D eigenvalue weighted by atomic mass is 10.2. The molecule has 3 nitrogen and oxygen atoms in total. The lowest BCUT2D eigenvalue weighted by molar-refractivity contribution is 0.104. The molecule has 2 aromatic rings. The molecular formula is C14H14O3. The Hall–Kier alpha value is -2.00. The van der Waals surface area contributed by atoms with Gasteiger partial charge in [0.2, 0.25) is 0 Å². The van der Waals surface area contributed by atoms with Gasteiger partial charge in [-0.25, -0.2) is 0 Å². The molecule has 0 aliphatic heterocycles. The molecule has 0 spiro atoms. The van der Waals surface area contributed by atoms with E-state index in [2.05, 4.69) is 0 Å². The van der Waals surface area contributed by atoms with Crippen molar-refractivity contribution >= 4 is 0 Å². The molecule has 0 unspecified atom stereocenters. The van der Waals surface area contributed by atoms with Crippen molar-refractivity contribution in [2.45, 2.75) is 13.2 Å². The average molecular weight is 230 g/mol. The summed E-state index contributed by atoms with van der Waals surface area (Å²) in [6.45, 7) is 0.641. The fraction of sp³-hybridized carbons (Fsp3) is 0.143. The van der Waals surface area contributed by atoms with E-state index in [9.17, 15) is 10.2 Å². The van der Waals surface area contributed by atoms with Crippen LogP contribution in [0.5, 0.6) is 11.5 Å². The molecular weight excluding hydrogens is 216 g/mol. The molecule has 0 radical (unpaired) electrons. The number of hydrogen-bond acceptors (Lipinski definition) is 3. The van der Waals surface area contributed by atoms with Gasteiger partial charge in [0.25, 0.3) is 0 Å². The van der Waals surface area contributed by atoms with Crippen LogP contribution >= 0.6 is 0 Å². The van der Waals surface area contributed by atoms with E-state index in [0.29, 0.717) is 13.2 Å². The number of rotatable bonds is 4. The lowest BCUT2D eigenvalue weighted by Crippen LogP contribution is -1.94. The summed E-state index contributed by atoms with van der Waals surface area (Å²) in [5, 5.41) is 19.1. The largest absolute Gasteiger partial charge is 0.508 e. The van der Waals surface area contributed by atoms with Crippen molar-refractivity contribution in [3.05, 3.63) is 59.7 Å². The number of hydrogen-bond donors (Lipinski definition) is 2. The quantitative estimate of drug-likeness (QED) is 0.849. The van der Waals surface area contributed by atoms with Crippen LogP contribution in [0.15, 0.2) is 48.5 Å². The molecule has 0 heterocycles. The number of benzene rings is 2. The zero-order valence-electron chi connectivity index (χ0n) is 9.34. The van der Waals surface area contributed by atoms with Crippen LogP contribution in [0, 0.1) is 0 Å². The molecule has 0 atom stereocenters. The van der Waals surface area contributed by atoms with Gasteiger partial charge >= 0.3 is 0 Å².